The highest BCUT2D eigenvalue weighted by atomic mass is 35.5. The molecular weight excluding hydrogens is 230 g/mol. The molecule has 5 N–H and O–H groups in total. The number of aromatic nitrogens is 1. The molecule has 0 saturated heterocycles. The third kappa shape index (κ3) is 3.31. The van der Waals surface area contributed by atoms with Crippen molar-refractivity contribution in [1.82, 2.24) is 10.3 Å². The lowest BCUT2D eigenvalue weighted by Crippen LogP contribution is -2.24. The molecule has 1 rings (SSSR count). The van der Waals surface area contributed by atoms with Crippen LogP contribution >= 0.6 is 11.6 Å². The van der Waals surface area contributed by atoms with Gasteiger partial charge >= 0.3 is 0 Å². The number of aliphatic hydroxyl groups is 2. The van der Waals surface area contributed by atoms with E-state index >= 15 is 0 Å². The van der Waals surface area contributed by atoms with Crippen molar-refractivity contribution in [2.45, 2.75) is 18.6 Å². The van der Waals surface area contributed by atoms with Gasteiger partial charge < -0.3 is 21.3 Å². The summed E-state index contributed by atoms with van der Waals surface area (Å²) in [5.74, 6) is 0. The van der Waals surface area contributed by atoms with Crippen LogP contribution in [0.1, 0.15) is 18.2 Å². The van der Waals surface area contributed by atoms with Crippen LogP contribution in [0.4, 0.5) is 5.69 Å². The Morgan fingerprint density at radius 1 is 1.56 bits per heavy atom. The van der Waals surface area contributed by atoms with E-state index in [0.29, 0.717) is 18.0 Å². The van der Waals surface area contributed by atoms with E-state index in [9.17, 15) is 10.2 Å². The number of nitrogens with zero attached hydrogens (tertiary/aromatic N) is 1. The second-order valence-electron chi connectivity index (χ2n) is 3.53. The molecule has 0 spiro atoms. The van der Waals surface area contributed by atoms with Crippen LogP contribution in [0.15, 0.2) is 12.3 Å². The smallest absolute Gasteiger partial charge is 0.124 e. The molecule has 0 aliphatic rings. The molecule has 6 heteroatoms. The van der Waals surface area contributed by atoms with Gasteiger partial charge in [0.15, 0.2) is 0 Å². The predicted molar refractivity (Wildman–Crippen MR) is 63.2 cm³/mol. The third-order valence-corrected chi connectivity index (χ3v) is 2.46. The molecule has 0 aromatic carbocycles. The number of halogens is 1. The zero-order chi connectivity index (χ0) is 12.1. The summed E-state index contributed by atoms with van der Waals surface area (Å²) in [6.07, 6.45) is -0.183. The number of nitrogens with one attached hydrogen (secondary N) is 1. The molecule has 1 aromatic rings. The zero-order valence-electron chi connectivity index (χ0n) is 9.02. The molecule has 0 aliphatic heterocycles. The Balaban J connectivity index is 2.75. The average Bonchev–Trinajstić information content (AvgIpc) is 2.25. The van der Waals surface area contributed by atoms with Crippen molar-refractivity contribution in [2.24, 2.45) is 0 Å². The number of hydrogen-bond acceptors (Lipinski definition) is 5. The molecular formula is C10H16ClN3O2. The van der Waals surface area contributed by atoms with E-state index in [-0.39, 0.29) is 11.4 Å². The first-order chi connectivity index (χ1) is 7.56. The Hall–Kier alpha value is -0.880. The van der Waals surface area contributed by atoms with Crippen LogP contribution < -0.4 is 11.1 Å². The highest BCUT2D eigenvalue weighted by Crippen LogP contribution is 2.24. The minimum Gasteiger partial charge on any atom is -0.397 e. The Morgan fingerprint density at radius 2 is 2.25 bits per heavy atom. The van der Waals surface area contributed by atoms with Crippen molar-refractivity contribution in [2.75, 3.05) is 19.3 Å². The van der Waals surface area contributed by atoms with Crippen molar-refractivity contribution in [3.8, 4) is 0 Å². The third-order valence-electron chi connectivity index (χ3n) is 2.25. The average molecular weight is 246 g/mol. The highest BCUT2D eigenvalue weighted by Gasteiger charge is 2.21. The van der Waals surface area contributed by atoms with E-state index in [2.05, 4.69) is 10.3 Å². The summed E-state index contributed by atoms with van der Waals surface area (Å²) in [6.45, 7) is 0.603. The van der Waals surface area contributed by atoms with Gasteiger partial charge in [-0.05, 0) is 26.1 Å². The molecule has 16 heavy (non-hydrogen) atoms. The van der Waals surface area contributed by atoms with Gasteiger partial charge in [-0.3, -0.25) is 4.98 Å². The number of rotatable bonds is 5. The maximum Gasteiger partial charge on any atom is 0.124 e. The quantitative estimate of drug-likeness (QED) is 0.600. The first-order valence-electron chi connectivity index (χ1n) is 4.98. The molecule has 1 aromatic heterocycles. The maximum atomic E-state index is 9.82. The molecule has 2 atom stereocenters. The summed E-state index contributed by atoms with van der Waals surface area (Å²) in [5, 5.41) is 22.8. The summed E-state index contributed by atoms with van der Waals surface area (Å²) in [5.41, 5.74) is 6.19. The van der Waals surface area contributed by atoms with Crippen molar-refractivity contribution < 1.29 is 10.2 Å². The van der Waals surface area contributed by atoms with Gasteiger partial charge in [0.05, 0.1) is 22.5 Å². The van der Waals surface area contributed by atoms with Crippen LogP contribution in [0.25, 0.3) is 0 Å². The number of nitrogen functional groups attached to an aromatic ring is 1. The summed E-state index contributed by atoms with van der Waals surface area (Å²) in [6, 6.07) is 1.50. The summed E-state index contributed by atoms with van der Waals surface area (Å²) >= 11 is 5.69. The van der Waals surface area contributed by atoms with Gasteiger partial charge in [-0.25, -0.2) is 0 Å². The van der Waals surface area contributed by atoms with Crippen LogP contribution in [-0.2, 0) is 0 Å². The van der Waals surface area contributed by atoms with Gasteiger partial charge in [0.1, 0.15) is 6.10 Å². The second-order valence-corrected chi connectivity index (χ2v) is 3.97. The van der Waals surface area contributed by atoms with Gasteiger partial charge in [-0.15, -0.1) is 0 Å². The standard InChI is InChI=1S/C10H16ClN3O2/c1-13-3-2-8(15)10(16)9-7(12)4-6(11)5-14-9/h4-5,8,10,13,15-16H,2-3,12H2,1H3. The molecule has 0 bridgehead atoms. The molecule has 0 amide bonds. The summed E-state index contributed by atoms with van der Waals surface area (Å²) < 4.78 is 0. The van der Waals surface area contributed by atoms with Crippen LogP contribution in [0, 0.1) is 0 Å². The van der Waals surface area contributed by atoms with Gasteiger partial charge in [0.25, 0.3) is 0 Å². The molecule has 0 fully saturated rings. The minimum absolute atomic E-state index is 0.257. The van der Waals surface area contributed by atoms with E-state index in [1.807, 2.05) is 0 Å². The summed E-state index contributed by atoms with van der Waals surface area (Å²) in [7, 11) is 1.77. The van der Waals surface area contributed by atoms with Gasteiger partial charge in [0, 0.05) is 6.20 Å². The fourth-order valence-corrected chi connectivity index (χ4v) is 1.51. The van der Waals surface area contributed by atoms with Gasteiger partial charge in [-0.1, -0.05) is 11.6 Å². The highest BCUT2D eigenvalue weighted by molar-refractivity contribution is 6.30. The summed E-state index contributed by atoms with van der Waals surface area (Å²) in [4.78, 5) is 3.92. The van der Waals surface area contributed by atoms with Crippen LogP contribution in [0.5, 0.6) is 0 Å². The van der Waals surface area contributed by atoms with E-state index in [4.69, 9.17) is 17.3 Å². The molecule has 0 radical (unpaired) electrons. The first-order valence-corrected chi connectivity index (χ1v) is 5.35. The van der Waals surface area contributed by atoms with Gasteiger partial charge in [0.2, 0.25) is 0 Å². The molecule has 2 unspecified atom stereocenters. The molecule has 0 aliphatic carbocycles. The van der Waals surface area contributed by atoms with Crippen molar-refractivity contribution in [1.29, 1.82) is 0 Å². The zero-order valence-corrected chi connectivity index (χ0v) is 9.78. The van der Waals surface area contributed by atoms with Crippen molar-refractivity contribution in [3.63, 3.8) is 0 Å². The SMILES string of the molecule is CNCCC(O)C(O)c1ncc(Cl)cc1N. The topological polar surface area (TPSA) is 91.4 Å². The van der Waals surface area contributed by atoms with Gasteiger partial charge in [-0.2, -0.15) is 0 Å². The van der Waals surface area contributed by atoms with Crippen LogP contribution in [0.2, 0.25) is 5.02 Å². The largest absolute Gasteiger partial charge is 0.397 e. The molecule has 0 saturated carbocycles. The number of pyridine rings is 1. The lowest BCUT2D eigenvalue weighted by atomic mass is 10.1. The Bertz CT molecular complexity index is 349. The van der Waals surface area contributed by atoms with E-state index in [1.54, 1.807) is 7.05 Å². The van der Waals surface area contributed by atoms with Crippen molar-refractivity contribution >= 4 is 17.3 Å². The number of anilines is 1. The Kier molecular flexibility index (Phi) is 4.95. The molecule has 90 valence electrons. The van der Waals surface area contributed by atoms with Crippen LogP contribution in [0.3, 0.4) is 0 Å². The van der Waals surface area contributed by atoms with E-state index in [1.165, 1.54) is 12.3 Å². The fourth-order valence-electron chi connectivity index (χ4n) is 1.34. The first kappa shape index (κ1) is 13.2. The number of aliphatic hydroxyl groups excluding tert-OH is 2. The number of nitrogens with two attached hydrogens (primary N) is 1. The monoisotopic (exact) mass is 245 g/mol. The van der Waals surface area contributed by atoms with Crippen molar-refractivity contribution in [3.05, 3.63) is 23.0 Å². The maximum absolute atomic E-state index is 9.82. The predicted octanol–water partition coefficient (Wildman–Crippen LogP) is 0.321. The van der Waals surface area contributed by atoms with E-state index in [0.717, 1.165) is 0 Å². The minimum atomic E-state index is -1.09. The number of hydrogen-bond donors (Lipinski definition) is 4. The Morgan fingerprint density at radius 3 is 2.81 bits per heavy atom. The lowest BCUT2D eigenvalue weighted by Gasteiger charge is -2.18. The van der Waals surface area contributed by atoms with E-state index < -0.39 is 12.2 Å². The molecule has 1 heterocycles. The normalized spacial score (nSPS) is 14.8. The van der Waals surface area contributed by atoms with Crippen LogP contribution in [-0.4, -0.2) is 34.9 Å². The molecule has 5 nitrogen and oxygen atoms in total. The second kappa shape index (κ2) is 6.00. The lowest BCUT2D eigenvalue weighted by molar-refractivity contribution is 0.0120. The fraction of sp³-hybridized carbons (Fsp3) is 0.500. The Labute approximate surface area is 99.3 Å².